The molecule has 2 atom stereocenters. The number of alkyl carbamates (subject to hydrolysis) is 1. The summed E-state index contributed by atoms with van der Waals surface area (Å²) < 4.78 is 4.97. The number of hydrogen-bond acceptors (Lipinski definition) is 3. The predicted molar refractivity (Wildman–Crippen MR) is 82.7 cm³/mol. The highest BCUT2D eigenvalue weighted by molar-refractivity contribution is 5.68. The van der Waals surface area contributed by atoms with Crippen molar-refractivity contribution in [3.8, 4) is 0 Å². The molecular weight excluding hydrogens is 264 g/mol. The van der Waals surface area contributed by atoms with E-state index in [9.17, 15) is 4.79 Å². The van der Waals surface area contributed by atoms with Crippen LogP contribution in [0, 0.1) is 0 Å². The van der Waals surface area contributed by atoms with Gasteiger partial charge in [0, 0.05) is 0 Å². The average Bonchev–Trinajstić information content (AvgIpc) is 2.54. The maximum Gasteiger partial charge on any atom is 0.407 e. The molecule has 0 bridgehead atoms. The summed E-state index contributed by atoms with van der Waals surface area (Å²) in [6.07, 6.45) is -0.460. The molecule has 0 saturated heterocycles. The number of amides is 1. The van der Waals surface area contributed by atoms with E-state index in [4.69, 9.17) is 10.5 Å². The lowest BCUT2D eigenvalue weighted by molar-refractivity contribution is 0.146. The van der Waals surface area contributed by atoms with Crippen molar-refractivity contribution in [2.24, 2.45) is 5.73 Å². The highest BCUT2D eigenvalue weighted by Crippen LogP contribution is 2.26. The molecule has 0 fully saturated rings. The number of carbonyl (C=O) groups excluding carboxylic acids is 1. The van der Waals surface area contributed by atoms with Crippen LogP contribution in [0.5, 0.6) is 0 Å². The zero-order chi connectivity index (χ0) is 15.1. The number of benzene rings is 2. The Labute approximate surface area is 124 Å². The van der Waals surface area contributed by atoms with Gasteiger partial charge in [0.2, 0.25) is 0 Å². The third kappa shape index (κ3) is 4.07. The first-order valence-electron chi connectivity index (χ1n) is 7.01. The van der Waals surface area contributed by atoms with E-state index < -0.39 is 6.09 Å². The van der Waals surface area contributed by atoms with Crippen molar-refractivity contribution in [1.82, 2.24) is 5.32 Å². The van der Waals surface area contributed by atoms with Crippen molar-refractivity contribution in [3.63, 3.8) is 0 Å². The molecule has 0 aliphatic heterocycles. The summed E-state index contributed by atoms with van der Waals surface area (Å²) in [5.74, 6) is 0. The Morgan fingerprint density at radius 2 is 1.57 bits per heavy atom. The summed E-state index contributed by atoms with van der Waals surface area (Å²) in [7, 11) is 0. The Bertz CT molecular complexity index is 558. The minimum absolute atomic E-state index is 0.327. The summed E-state index contributed by atoms with van der Waals surface area (Å²) in [6.45, 7) is 2.10. The van der Waals surface area contributed by atoms with E-state index in [1.807, 2.05) is 60.7 Å². The highest BCUT2D eigenvalue weighted by Gasteiger charge is 2.23. The molecule has 0 aromatic heterocycles. The Morgan fingerprint density at radius 3 is 2.10 bits per heavy atom. The van der Waals surface area contributed by atoms with E-state index in [2.05, 4.69) is 5.32 Å². The van der Waals surface area contributed by atoms with Crippen LogP contribution in [-0.4, -0.2) is 12.7 Å². The van der Waals surface area contributed by atoms with Crippen LogP contribution in [0.4, 0.5) is 4.79 Å². The molecule has 0 heterocycles. The van der Waals surface area contributed by atoms with Crippen LogP contribution in [-0.2, 0) is 4.74 Å². The van der Waals surface area contributed by atoms with Crippen LogP contribution < -0.4 is 11.1 Å². The topological polar surface area (TPSA) is 64.3 Å². The minimum atomic E-state index is -0.460. The summed E-state index contributed by atoms with van der Waals surface area (Å²) >= 11 is 0. The molecule has 21 heavy (non-hydrogen) atoms. The van der Waals surface area contributed by atoms with Crippen molar-refractivity contribution in [2.75, 3.05) is 6.61 Å². The number of carbonyl (C=O) groups is 1. The molecule has 2 aromatic rings. The molecule has 0 aliphatic rings. The zero-order valence-electron chi connectivity index (χ0n) is 12.0. The molecule has 0 radical (unpaired) electrons. The van der Waals surface area contributed by atoms with E-state index in [1.165, 1.54) is 0 Å². The molecule has 4 nitrogen and oxygen atoms in total. The van der Waals surface area contributed by atoms with Gasteiger partial charge in [-0.25, -0.2) is 4.79 Å². The van der Waals surface area contributed by atoms with Gasteiger partial charge in [0.05, 0.1) is 18.7 Å². The molecule has 0 saturated carbocycles. The molecule has 0 spiro atoms. The number of nitrogens with two attached hydrogens (primary N) is 1. The van der Waals surface area contributed by atoms with Gasteiger partial charge < -0.3 is 15.8 Å². The molecule has 110 valence electrons. The van der Waals surface area contributed by atoms with Gasteiger partial charge in [0.25, 0.3) is 0 Å². The molecule has 4 heteroatoms. The number of rotatable bonds is 5. The largest absolute Gasteiger partial charge is 0.450 e. The van der Waals surface area contributed by atoms with E-state index in [0.29, 0.717) is 6.61 Å². The van der Waals surface area contributed by atoms with Crippen molar-refractivity contribution in [3.05, 3.63) is 71.8 Å². The average molecular weight is 284 g/mol. The Morgan fingerprint density at radius 1 is 1.05 bits per heavy atom. The third-order valence-electron chi connectivity index (χ3n) is 3.25. The monoisotopic (exact) mass is 284 g/mol. The SMILES string of the molecule is CCOC(=O)N[C@@H](c1ccccc1)[C@@H](N)c1ccccc1. The highest BCUT2D eigenvalue weighted by atomic mass is 16.5. The number of hydrogen-bond donors (Lipinski definition) is 2. The molecule has 3 N–H and O–H groups in total. The van der Waals surface area contributed by atoms with E-state index >= 15 is 0 Å². The third-order valence-corrected chi connectivity index (χ3v) is 3.25. The number of ether oxygens (including phenoxy) is 1. The normalized spacial score (nSPS) is 13.2. The van der Waals surface area contributed by atoms with Crippen LogP contribution in [0.1, 0.15) is 30.1 Å². The van der Waals surface area contributed by atoms with Gasteiger partial charge in [-0.05, 0) is 18.1 Å². The summed E-state index contributed by atoms with van der Waals surface area (Å²) in [5.41, 5.74) is 8.25. The second-order valence-electron chi connectivity index (χ2n) is 4.69. The van der Waals surface area contributed by atoms with Gasteiger partial charge in [0.15, 0.2) is 0 Å². The van der Waals surface area contributed by atoms with E-state index in [1.54, 1.807) is 6.92 Å². The summed E-state index contributed by atoms with van der Waals surface area (Å²) in [5, 5.41) is 2.85. The lowest BCUT2D eigenvalue weighted by atomic mass is 9.94. The Hall–Kier alpha value is -2.33. The fraction of sp³-hybridized carbons (Fsp3) is 0.235. The summed E-state index contributed by atoms with van der Waals surface area (Å²) in [4.78, 5) is 11.8. The quantitative estimate of drug-likeness (QED) is 0.886. The Kier molecular flexibility index (Phi) is 5.35. The van der Waals surface area contributed by atoms with E-state index in [-0.39, 0.29) is 12.1 Å². The van der Waals surface area contributed by atoms with Crippen molar-refractivity contribution in [1.29, 1.82) is 0 Å². The van der Waals surface area contributed by atoms with E-state index in [0.717, 1.165) is 11.1 Å². The van der Waals surface area contributed by atoms with Crippen molar-refractivity contribution >= 4 is 6.09 Å². The zero-order valence-corrected chi connectivity index (χ0v) is 12.0. The molecule has 2 rings (SSSR count). The summed E-state index contributed by atoms with van der Waals surface area (Å²) in [6, 6.07) is 18.7. The Balaban J connectivity index is 2.25. The fourth-order valence-electron chi connectivity index (χ4n) is 2.21. The maximum absolute atomic E-state index is 11.8. The van der Waals surface area contributed by atoms with Gasteiger partial charge in [-0.3, -0.25) is 0 Å². The van der Waals surface area contributed by atoms with Crippen molar-refractivity contribution in [2.45, 2.75) is 19.0 Å². The minimum Gasteiger partial charge on any atom is -0.450 e. The first kappa shape index (κ1) is 15.1. The molecule has 0 unspecified atom stereocenters. The second kappa shape index (κ2) is 7.45. The van der Waals surface area contributed by atoms with Gasteiger partial charge in [-0.1, -0.05) is 60.7 Å². The van der Waals surface area contributed by atoms with Gasteiger partial charge in [-0.2, -0.15) is 0 Å². The predicted octanol–water partition coefficient (Wildman–Crippen LogP) is 3.17. The van der Waals surface area contributed by atoms with Crippen LogP contribution in [0.2, 0.25) is 0 Å². The van der Waals surface area contributed by atoms with Crippen LogP contribution in [0.25, 0.3) is 0 Å². The van der Waals surface area contributed by atoms with Gasteiger partial charge >= 0.3 is 6.09 Å². The molecule has 2 aromatic carbocycles. The second-order valence-corrected chi connectivity index (χ2v) is 4.69. The van der Waals surface area contributed by atoms with Crippen LogP contribution >= 0.6 is 0 Å². The van der Waals surface area contributed by atoms with Crippen LogP contribution in [0.15, 0.2) is 60.7 Å². The molecular formula is C17H20N2O2. The lowest BCUT2D eigenvalue weighted by Crippen LogP contribution is -2.36. The van der Waals surface area contributed by atoms with Gasteiger partial charge in [0.1, 0.15) is 0 Å². The lowest BCUT2D eigenvalue weighted by Gasteiger charge is -2.25. The van der Waals surface area contributed by atoms with Gasteiger partial charge in [-0.15, -0.1) is 0 Å². The first-order valence-corrected chi connectivity index (χ1v) is 7.01. The molecule has 0 aliphatic carbocycles. The smallest absolute Gasteiger partial charge is 0.407 e. The fourth-order valence-corrected chi connectivity index (χ4v) is 2.21. The molecule has 1 amide bonds. The van der Waals surface area contributed by atoms with Crippen LogP contribution in [0.3, 0.4) is 0 Å². The first-order chi connectivity index (χ1) is 10.2. The standard InChI is InChI=1S/C17H20N2O2/c1-2-21-17(20)19-16(14-11-7-4-8-12-14)15(18)13-9-5-3-6-10-13/h3-12,15-16H,2,18H2,1H3,(H,19,20)/t15-,16-/m0/s1. The maximum atomic E-state index is 11.8. The number of nitrogens with one attached hydrogen (secondary N) is 1. The van der Waals surface area contributed by atoms with Crippen molar-refractivity contribution < 1.29 is 9.53 Å².